The highest BCUT2D eigenvalue weighted by Gasteiger charge is 2.28. The third-order valence-corrected chi connectivity index (χ3v) is 1.17. The first-order valence-corrected chi connectivity index (χ1v) is 2.59. The van der Waals surface area contributed by atoms with Crippen molar-refractivity contribution in [3.05, 3.63) is 0 Å². The molecular weight excluding hydrogens is 106 g/mol. The molecule has 8 heavy (non-hydrogen) atoms. The molecule has 45 valence electrons. The minimum Gasteiger partial charge on any atom is -0.274 e. The molecular formula is C5H8NO2. The Bertz CT molecular complexity index is 90.4. The maximum absolute atomic E-state index is 9.89. The van der Waals surface area contributed by atoms with Crippen molar-refractivity contribution in [2.45, 2.75) is 18.9 Å². The van der Waals surface area contributed by atoms with Gasteiger partial charge in [0, 0.05) is 0 Å². The summed E-state index contributed by atoms with van der Waals surface area (Å²) in [7, 11) is 1.48. The van der Waals surface area contributed by atoms with Gasteiger partial charge >= 0.3 is 6.41 Å². The fourth-order valence-corrected chi connectivity index (χ4v) is 0.570. The molecule has 1 aliphatic carbocycles. The minimum atomic E-state index is 0.317. The number of hydroxylamine groups is 2. The van der Waals surface area contributed by atoms with Crippen LogP contribution in [0.25, 0.3) is 0 Å². The van der Waals surface area contributed by atoms with E-state index in [9.17, 15) is 4.79 Å². The van der Waals surface area contributed by atoms with Crippen molar-refractivity contribution >= 4 is 6.41 Å². The predicted octanol–water partition coefficient (Wildman–Crippen LogP) is 0.0794. The van der Waals surface area contributed by atoms with Crippen LogP contribution in [0.4, 0.5) is 0 Å². The fourth-order valence-electron chi connectivity index (χ4n) is 0.570. The van der Waals surface area contributed by atoms with Crippen LogP contribution in [0.2, 0.25) is 0 Å². The Morgan fingerprint density at radius 2 is 2.38 bits per heavy atom. The topological polar surface area (TPSA) is 29.5 Å². The van der Waals surface area contributed by atoms with Crippen LogP contribution >= 0.6 is 0 Å². The molecule has 0 aromatic rings. The molecule has 0 unspecified atom stereocenters. The van der Waals surface area contributed by atoms with Gasteiger partial charge in [-0.3, -0.25) is 9.63 Å². The van der Waals surface area contributed by atoms with E-state index in [0.29, 0.717) is 6.04 Å². The van der Waals surface area contributed by atoms with Crippen molar-refractivity contribution in [2.24, 2.45) is 0 Å². The minimum absolute atomic E-state index is 0.317. The fraction of sp³-hybridized carbons (Fsp3) is 0.800. The molecule has 0 saturated heterocycles. The smallest absolute Gasteiger partial charge is 0.274 e. The van der Waals surface area contributed by atoms with Gasteiger partial charge in [-0.1, -0.05) is 0 Å². The van der Waals surface area contributed by atoms with E-state index in [4.69, 9.17) is 0 Å². The molecule has 3 nitrogen and oxygen atoms in total. The number of hydrogen-bond acceptors (Lipinski definition) is 2. The lowest BCUT2D eigenvalue weighted by Gasteiger charge is -2.09. The lowest BCUT2D eigenvalue weighted by molar-refractivity contribution is -0.0733. The van der Waals surface area contributed by atoms with Crippen molar-refractivity contribution in [1.82, 2.24) is 5.06 Å². The summed E-state index contributed by atoms with van der Waals surface area (Å²) in [5.74, 6) is 0. The third-order valence-electron chi connectivity index (χ3n) is 1.17. The zero-order chi connectivity index (χ0) is 5.98. The predicted molar refractivity (Wildman–Crippen MR) is 27.6 cm³/mol. The summed E-state index contributed by atoms with van der Waals surface area (Å²) in [4.78, 5) is 14.5. The van der Waals surface area contributed by atoms with Gasteiger partial charge in [0.2, 0.25) is 0 Å². The Balaban J connectivity index is 2.25. The molecule has 0 aromatic carbocycles. The zero-order valence-electron chi connectivity index (χ0n) is 4.76. The van der Waals surface area contributed by atoms with Crippen LogP contribution in [-0.4, -0.2) is 24.6 Å². The van der Waals surface area contributed by atoms with Gasteiger partial charge in [0.1, 0.15) is 0 Å². The summed E-state index contributed by atoms with van der Waals surface area (Å²) >= 11 is 0. The Morgan fingerprint density at radius 3 is 2.50 bits per heavy atom. The van der Waals surface area contributed by atoms with Gasteiger partial charge in [0.05, 0.1) is 13.2 Å². The summed E-state index contributed by atoms with van der Waals surface area (Å²) in [5, 5.41) is 1.22. The second kappa shape index (κ2) is 2.13. The van der Waals surface area contributed by atoms with Crippen molar-refractivity contribution in [2.75, 3.05) is 7.11 Å². The molecule has 0 spiro atoms. The molecule has 0 aliphatic heterocycles. The third kappa shape index (κ3) is 0.980. The molecule has 1 rings (SSSR count). The maximum Gasteiger partial charge on any atom is 0.338 e. The lowest BCUT2D eigenvalue weighted by Crippen LogP contribution is -2.22. The average Bonchev–Trinajstić information content (AvgIpc) is 2.53. The highest BCUT2D eigenvalue weighted by Crippen LogP contribution is 2.24. The van der Waals surface area contributed by atoms with E-state index in [-0.39, 0.29) is 0 Å². The van der Waals surface area contributed by atoms with Crippen LogP contribution < -0.4 is 0 Å². The van der Waals surface area contributed by atoms with E-state index in [1.807, 2.05) is 0 Å². The normalized spacial score (nSPS) is 18.1. The van der Waals surface area contributed by atoms with Gasteiger partial charge in [-0.2, -0.15) is 0 Å². The lowest BCUT2D eigenvalue weighted by atomic mass is 10.7. The van der Waals surface area contributed by atoms with Crippen LogP contribution in [0.5, 0.6) is 0 Å². The van der Waals surface area contributed by atoms with Crippen molar-refractivity contribution < 1.29 is 9.63 Å². The molecule has 0 bridgehead atoms. The summed E-state index contributed by atoms with van der Waals surface area (Å²) in [6.07, 6.45) is 3.79. The molecule has 1 amide bonds. The molecule has 1 fully saturated rings. The quantitative estimate of drug-likeness (QED) is 0.384. The number of carbonyl (C=O) groups excluding carboxylic acids is 1. The first kappa shape index (κ1) is 5.56. The maximum atomic E-state index is 9.89. The molecule has 1 aliphatic rings. The van der Waals surface area contributed by atoms with E-state index in [2.05, 4.69) is 4.84 Å². The zero-order valence-corrected chi connectivity index (χ0v) is 4.76. The summed E-state index contributed by atoms with van der Waals surface area (Å²) in [6.45, 7) is 0. The molecule has 0 N–H and O–H groups in total. The van der Waals surface area contributed by atoms with Gasteiger partial charge in [-0.15, -0.1) is 0 Å². The van der Waals surface area contributed by atoms with Gasteiger partial charge in [-0.05, 0) is 12.8 Å². The van der Waals surface area contributed by atoms with Gasteiger partial charge < -0.3 is 0 Å². The Morgan fingerprint density at radius 1 is 1.75 bits per heavy atom. The van der Waals surface area contributed by atoms with Crippen LogP contribution in [0.1, 0.15) is 12.8 Å². The largest absolute Gasteiger partial charge is 0.338 e. The van der Waals surface area contributed by atoms with Crippen molar-refractivity contribution in [3.8, 4) is 0 Å². The first-order valence-electron chi connectivity index (χ1n) is 2.59. The highest BCUT2D eigenvalue weighted by atomic mass is 16.7. The van der Waals surface area contributed by atoms with Crippen molar-refractivity contribution in [3.63, 3.8) is 0 Å². The summed E-state index contributed by atoms with van der Waals surface area (Å²) < 4.78 is 0. The van der Waals surface area contributed by atoms with Crippen LogP contribution in [0.15, 0.2) is 0 Å². The standard InChI is InChI=1S/C5H8NO2/c1-8-6(4-7)5-2-3-5/h5H,2-3H2,1H3. The molecule has 3 heteroatoms. The van der Waals surface area contributed by atoms with E-state index >= 15 is 0 Å². The monoisotopic (exact) mass is 114 g/mol. The average molecular weight is 114 g/mol. The summed E-state index contributed by atoms with van der Waals surface area (Å²) in [5.41, 5.74) is 0. The molecule has 1 radical (unpaired) electrons. The molecule has 0 heterocycles. The second-order valence-electron chi connectivity index (χ2n) is 1.83. The molecule has 0 aromatic heterocycles. The number of amides is 1. The number of nitrogens with zero attached hydrogens (tertiary/aromatic N) is 1. The van der Waals surface area contributed by atoms with Crippen LogP contribution in [-0.2, 0) is 9.63 Å². The second-order valence-corrected chi connectivity index (χ2v) is 1.83. The van der Waals surface area contributed by atoms with E-state index in [0.717, 1.165) is 12.8 Å². The Labute approximate surface area is 48.2 Å². The van der Waals surface area contributed by atoms with Crippen molar-refractivity contribution in [1.29, 1.82) is 0 Å². The first-order chi connectivity index (χ1) is 3.88. The van der Waals surface area contributed by atoms with Gasteiger partial charge in [0.15, 0.2) is 0 Å². The number of hydrogen-bond donors (Lipinski definition) is 0. The SMILES string of the molecule is CON([C]=O)C1CC1. The van der Waals surface area contributed by atoms with Gasteiger partial charge in [0.25, 0.3) is 0 Å². The summed E-state index contributed by atoms with van der Waals surface area (Å²) in [6, 6.07) is 0.317. The van der Waals surface area contributed by atoms with E-state index in [1.54, 1.807) is 6.41 Å². The van der Waals surface area contributed by atoms with Gasteiger partial charge in [-0.25, -0.2) is 5.06 Å². The van der Waals surface area contributed by atoms with E-state index in [1.165, 1.54) is 12.2 Å². The van der Waals surface area contributed by atoms with Crippen LogP contribution in [0, 0.1) is 0 Å². The Kier molecular flexibility index (Phi) is 1.48. The Hall–Kier alpha value is -0.570. The van der Waals surface area contributed by atoms with E-state index < -0.39 is 0 Å². The molecule has 1 saturated carbocycles. The molecule has 0 atom stereocenters. The number of rotatable bonds is 3. The highest BCUT2D eigenvalue weighted by molar-refractivity contribution is 5.47. The van der Waals surface area contributed by atoms with Crippen LogP contribution in [0.3, 0.4) is 0 Å².